The molecule has 152 valence electrons. The third kappa shape index (κ3) is 4.76. The highest BCUT2D eigenvalue weighted by molar-refractivity contribution is 9.10. The zero-order valence-electron chi connectivity index (χ0n) is 16.4. The maximum absolute atomic E-state index is 5.93. The zero-order valence-corrected chi connectivity index (χ0v) is 18.8. The SMILES string of the molecule is CCc1nn(CN2CCCCC2)c(=S)n1/N=C/c1ccc(-c2ccc(Br)cc2)o1. The maximum atomic E-state index is 5.93. The van der Waals surface area contributed by atoms with E-state index in [1.165, 1.54) is 19.3 Å². The minimum absolute atomic E-state index is 0.614. The van der Waals surface area contributed by atoms with E-state index in [1.54, 1.807) is 10.9 Å². The van der Waals surface area contributed by atoms with Gasteiger partial charge in [-0.3, -0.25) is 4.90 Å². The maximum Gasteiger partial charge on any atom is 0.220 e. The van der Waals surface area contributed by atoms with Crippen LogP contribution in [-0.4, -0.2) is 38.7 Å². The summed E-state index contributed by atoms with van der Waals surface area (Å²) in [7, 11) is 0. The van der Waals surface area contributed by atoms with Gasteiger partial charge in [0.1, 0.15) is 11.5 Å². The standard InChI is InChI=1S/C21H24BrN5OS/c1-2-20-24-26(15-25-12-4-3-5-13-25)21(29)27(20)23-14-18-10-11-19(28-18)16-6-8-17(22)9-7-16/h6-11,14H,2-5,12-13,15H2,1H3/b23-14+. The van der Waals surface area contributed by atoms with Crippen molar-refractivity contribution in [3.8, 4) is 11.3 Å². The summed E-state index contributed by atoms with van der Waals surface area (Å²) < 4.78 is 11.2. The van der Waals surface area contributed by atoms with E-state index in [2.05, 4.69) is 38.0 Å². The molecule has 2 aromatic heterocycles. The fourth-order valence-electron chi connectivity index (χ4n) is 3.47. The van der Waals surface area contributed by atoms with Crippen molar-refractivity contribution in [1.29, 1.82) is 0 Å². The molecule has 6 nitrogen and oxygen atoms in total. The molecule has 0 atom stereocenters. The number of rotatable bonds is 6. The molecule has 29 heavy (non-hydrogen) atoms. The van der Waals surface area contributed by atoms with Crippen LogP contribution in [-0.2, 0) is 13.1 Å². The Kier molecular flexibility index (Phi) is 6.42. The van der Waals surface area contributed by atoms with E-state index >= 15 is 0 Å². The van der Waals surface area contributed by atoms with Gasteiger partial charge in [0.05, 0.1) is 12.9 Å². The average molecular weight is 474 g/mol. The van der Waals surface area contributed by atoms with E-state index in [-0.39, 0.29) is 0 Å². The van der Waals surface area contributed by atoms with E-state index in [0.717, 1.165) is 47.8 Å². The van der Waals surface area contributed by atoms with Crippen molar-refractivity contribution in [2.45, 2.75) is 39.3 Å². The Labute approximate surface area is 184 Å². The lowest BCUT2D eigenvalue weighted by Gasteiger charge is -2.25. The van der Waals surface area contributed by atoms with Gasteiger partial charge in [-0.15, -0.1) is 0 Å². The van der Waals surface area contributed by atoms with Gasteiger partial charge in [0, 0.05) is 16.5 Å². The van der Waals surface area contributed by atoms with Crippen molar-refractivity contribution < 1.29 is 4.42 Å². The fourth-order valence-corrected chi connectivity index (χ4v) is 3.98. The van der Waals surface area contributed by atoms with Crippen LogP contribution in [0.25, 0.3) is 11.3 Å². The average Bonchev–Trinajstić information content (AvgIpc) is 3.33. The number of piperidine rings is 1. The highest BCUT2D eigenvalue weighted by Gasteiger charge is 2.14. The van der Waals surface area contributed by atoms with E-state index in [9.17, 15) is 0 Å². The number of hydrogen-bond donors (Lipinski definition) is 0. The molecule has 0 spiro atoms. The largest absolute Gasteiger partial charge is 0.455 e. The predicted molar refractivity (Wildman–Crippen MR) is 121 cm³/mol. The van der Waals surface area contributed by atoms with Crippen molar-refractivity contribution in [2.75, 3.05) is 13.1 Å². The molecule has 1 fully saturated rings. The van der Waals surface area contributed by atoms with Gasteiger partial charge in [-0.05, 0) is 62.4 Å². The summed E-state index contributed by atoms with van der Waals surface area (Å²) in [5.41, 5.74) is 1.02. The lowest BCUT2D eigenvalue weighted by Crippen LogP contribution is -2.32. The molecule has 1 aliphatic rings. The van der Waals surface area contributed by atoms with Crippen molar-refractivity contribution in [2.24, 2.45) is 5.10 Å². The third-order valence-corrected chi connectivity index (χ3v) is 5.95. The number of halogens is 1. The molecule has 3 heterocycles. The van der Waals surface area contributed by atoms with Gasteiger partial charge in [-0.2, -0.15) is 14.9 Å². The number of aromatic nitrogens is 3. The summed E-state index contributed by atoms with van der Waals surface area (Å²) in [6.45, 7) is 4.99. The Morgan fingerprint density at radius 1 is 1.14 bits per heavy atom. The van der Waals surface area contributed by atoms with E-state index < -0.39 is 0 Å². The van der Waals surface area contributed by atoms with Crippen molar-refractivity contribution in [1.82, 2.24) is 19.4 Å². The summed E-state index contributed by atoms with van der Waals surface area (Å²) in [4.78, 5) is 2.40. The van der Waals surface area contributed by atoms with Gasteiger partial charge in [0.15, 0.2) is 5.82 Å². The Balaban J connectivity index is 1.53. The van der Waals surface area contributed by atoms with Crippen molar-refractivity contribution in [3.63, 3.8) is 0 Å². The Morgan fingerprint density at radius 3 is 2.62 bits per heavy atom. The van der Waals surface area contributed by atoms with Gasteiger partial charge in [-0.25, -0.2) is 4.68 Å². The predicted octanol–water partition coefficient (Wildman–Crippen LogP) is 5.32. The molecule has 0 aliphatic carbocycles. The van der Waals surface area contributed by atoms with Crippen molar-refractivity contribution in [3.05, 3.63) is 57.2 Å². The first-order chi connectivity index (χ1) is 14.1. The summed E-state index contributed by atoms with van der Waals surface area (Å²) in [5, 5.41) is 9.25. The number of hydrogen-bond acceptors (Lipinski definition) is 5. The molecule has 8 heteroatoms. The Bertz CT molecular complexity index is 1040. The van der Waals surface area contributed by atoms with E-state index in [1.807, 2.05) is 41.1 Å². The zero-order chi connectivity index (χ0) is 20.2. The molecule has 0 saturated carbocycles. The molecule has 0 unspecified atom stereocenters. The third-order valence-electron chi connectivity index (χ3n) is 5.04. The van der Waals surface area contributed by atoms with Crippen molar-refractivity contribution >= 4 is 34.4 Å². The van der Waals surface area contributed by atoms with E-state index in [4.69, 9.17) is 16.6 Å². The number of aryl methyl sites for hydroxylation is 1. The second kappa shape index (κ2) is 9.19. The second-order valence-electron chi connectivity index (χ2n) is 7.14. The van der Waals surface area contributed by atoms with Crippen LogP contribution in [0.1, 0.15) is 37.8 Å². The second-order valence-corrected chi connectivity index (χ2v) is 8.42. The smallest absolute Gasteiger partial charge is 0.220 e. The highest BCUT2D eigenvalue weighted by Crippen LogP contribution is 2.23. The van der Waals surface area contributed by atoms with Crippen LogP contribution >= 0.6 is 28.1 Å². The molecule has 0 N–H and O–H groups in total. The number of furan rings is 1. The molecule has 0 bridgehead atoms. The minimum Gasteiger partial charge on any atom is -0.455 e. The molecule has 1 aromatic carbocycles. The molecule has 1 saturated heterocycles. The molecule has 4 rings (SSSR count). The van der Waals surface area contributed by atoms with Crippen LogP contribution in [0.4, 0.5) is 0 Å². The van der Waals surface area contributed by atoms with Crippen LogP contribution in [0.3, 0.4) is 0 Å². The molecular formula is C21H24BrN5OS. The Hall–Kier alpha value is -2.03. The van der Waals surface area contributed by atoms with E-state index in [0.29, 0.717) is 10.5 Å². The van der Waals surface area contributed by atoms with Gasteiger partial charge >= 0.3 is 0 Å². The van der Waals surface area contributed by atoms with Crippen LogP contribution < -0.4 is 0 Å². The monoisotopic (exact) mass is 473 g/mol. The number of nitrogens with zero attached hydrogens (tertiary/aromatic N) is 5. The van der Waals surface area contributed by atoms with Crippen LogP contribution in [0.5, 0.6) is 0 Å². The number of benzene rings is 1. The van der Waals surface area contributed by atoms with Gasteiger partial charge in [0.25, 0.3) is 0 Å². The number of likely N-dealkylation sites (tertiary alicyclic amines) is 1. The topological polar surface area (TPSA) is 51.5 Å². The van der Waals surface area contributed by atoms with Gasteiger partial charge < -0.3 is 4.42 Å². The Morgan fingerprint density at radius 2 is 1.90 bits per heavy atom. The summed E-state index contributed by atoms with van der Waals surface area (Å²) in [6, 6.07) is 11.9. The first-order valence-electron chi connectivity index (χ1n) is 9.95. The minimum atomic E-state index is 0.614. The first kappa shape index (κ1) is 20.3. The molecule has 0 amide bonds. The molecular weight excluding hydrogens is 450 g/mol. The molecule has 3 aromatic rings. The fraction of sp³-hybridized carbons (Fsp3) is 0.381. The highest BCUT2D eigenvalue weighted by atomic mass is 79.9. The van der Waals surface area contributed by atoms with Gasteiger partial charge in [-0.1, -0.05) is 41.4 Å². The normalized spacial score (nSPS) is 15.4. The van der Waals surface area contributed by atoms with Crippen LogP contribution in [0.2, 0.25) is 0 Å². The summed E-state index contributed by atoms with van der Waals surface area (Å²) in [6.07, 6.45) is 6.25. The quantitative estimate of drug-likeness (QED) is 0.358. The summed E-state index contributed by atoms with van der Waals surface area (Å²) in [5.74, 6) is 2.33. The first-order valence-corrected chi connectivity index (χ1v) is 11.2. The molecule has 0 radical (unpaired) electrons. The van der Waals surface area contributed by atoms with Crippen LogP contribution in [0, 0.1) is 4.77 Å². The summed E-state index contributed by atoms with van der Waals surface area (Å²) >= 11 is 9.10. The lowest BCUT2D eigenvalue weighted by atomic mass is 10.1. The van der Waals surface area contributed by atoms with Gasteiger partial charge in [0.2, 0.25) is 4.77 Å². The van der Waals surface area contributed by atoms with Crippen LogP contribution in [0.15, 0.2) is 50.4 Å². The molecule has 1 aliphatic heterocycles. The lowest BCUT2D eigenvalue weighted by molar-refractivity contribution is 0.171.